The molecule has 0 fully saturated rings. The van der Waals surface area contributed by atoms with Gasteiger partial charge in [0.1, 0.15) is 5.82 Å². The Morgan fingerprint density at radius 1 is 1.21 bits per heavy atom. The van der Waals surface area contributed by atoms with Crippen molar-refractivity contribution in [3.63, 3.8) is 0 Å². The van der Waals surface area contributed by atoms with Gasteiger partial charge in [0, 0.05) is 6.54 Å². The average Bonchev–Trinajstić information content (AvgIpc) is 2.72. The zero-order valence-electron chi connectivity index (χ0n) is 16.2. The standard InChI is InChI=1S/C22H21N3O4/c1-4-13-23-20(26)14(2)29-22(28)16-9-11-17(12-10-16)25-15(3)24-19-8-6-5-7-18(19)21(25)27/h4-12,14H,1,13H2,2-3H3,(H,23,26)/t14-/m1/s1. The summed E-state index contributed by atoms with van der Waals surface area (Å²) in [5.74, 6) is -0.491. The quantitative estimate of drug-likeness (QED) is 0.515. The molecule has 0 radical (unpaired) electrons. The van der Waals surface area contributed by atoms with Crippen LogP contribution in [0.4, 0.5) is 0 Å². The molecule has 1 amide bonds. The summed E-state index contributed by atoms with van der Waals surface area (Å²) in [7, 11) is 0. The molecule has 0 aliphatic rings. The van der Waals surface area contributed by atoms with Gasteiger partial charge in [0.2, 0.25) is 0 Å². The van der Waals surface area contributed by atoms with Gasteiger partial charge in [-0.2, -0.15) is 0 Å². The van der Waals surface area contributed by atoms with Crippen molar-refractivity contribution in [2.75, 3.05) is 6.54 Å². The van der Waals surface area contributed by atoms with Crippen molar-refractivity contribution in [1.29, 1.82) is 0 Å². The molecule has 0 spiro atoms. The van der Waals surface area contributed by atoms with Gasteiger partial charge >= 0.3 is 5.97 Å². The molecule has 1 atom stereocenters. The third-order valence-corrected chi connectivity index (χ3v) is 4.38. The number of para-hydroxylation sites is 1. The predicted molar refractivity (Wildman–Crippen MR) is 110 cm³/mol. The van der Waals surface area contributed by atoms with Crippen molar-refractivity contribution in [3.8, 4) is 5.69 Å². The number of rotatable bonds is 6. The SMILES string of the molecule is C=CCNC(=O)[C@@H](C)OC(=O)c1ccc(-n2c(C)nc3ccccc3c2=O)cc1. The van der Waals surface area contributed by atoms with Crippen molar-refractivity contribution in [2.45, 2.75) is 20.0 Å². The lowest BCUT2D eigenvalue weighted by Gasteiger charge is -2.14. The van der Waals surface area contributed by atoms with Gasteiger partial charge in [0.25, 0.3) is 11.5 Å². The van der Waals surface area contributed by atoms with E-state index < -0.39 is 18.0 Å². The van der Waals surface area contributed by atoms with E-state index in [1.165, 1.54) is 17.6 Å². The van der Waals surface area contributed by atoms with E-state index >= 15 is 0 Å². The van der Waals surface area contributed by atoms with Crippen LogP contribution in [0, 0.1) is 6.92 Å². The maximum absolute atomic E-state index is 12.9. The van der Waals surface area contributed by atoms with Crippen LogP contribution < -0.4 is 10.9 Å². The highest BCUT2D eigenvalue weighted by Gasteiger charge is 2.18. The molecular formula is C22H21N3O4. The first-order valence-electron chi connectivity index (χ1n) is 9.11. The number of nitrogens with zero attached hydrogens (tertiary/aromatic N) is 2. The first-order chi connectivity index (χ1) is 13.9. The molecule has 3 rings (SSSR count). The van der Waals surface area contributed by atoms with E-state index in [4.69, 9.17) is 4.74 Å². The molecule has 2 aromatic carbocycles. The average molecular weight is 391 g/mol. The zero-order chi connectivity index (χ0) is 21.0. The lowest BCUT2D eigenvalue weighted by molar-refractivity contribution is -0.128. The van der Waals surface area contributed by atoms with Crippen LogP contribution in [-0.4, -0.2) is 34.1 Å². The molecule has 0 saturated heterocycles. The van der Waals surface area contributed by atoms with Crippen LogP contribution in [0.5, 0.6) is 0 Å². The van der Waals surface area contributed by atoms with E-state index in [9.17, 15) is 14.4 Å². The van der Waals surface area contributed by atoms with Gasteiger partial charge in [-0.05, 0) is 50.2 Å². The highest BCUT2D eigenvalue weighted by Crippen LogP contribution is 2.14. The molecule has 7 nitrogen and oxygen atoms in total. The maximum Gasteiger partial charge on any atom is 0.338 e. The van der Waals surface area contributed by atoms with E-state index in [1.807, 2.05) is 6.07 Å². The molecule has 148 valence electrons. The van der Waals surface area contributed by atoms with Crippen LogP contribution >= 0.6 is 0 Å². The summed E-state index contributed by atoms with van der Waals surface area (Å²) >= 11 is 0. The number of nitrogens with one attached hydrogen (secondary N) is 1. The first-order valence-corrected chi connectivity index (χ1v) is 9.11. The van der Waals surface area contributed by atoms with Gasteiger partial charge in [-0.3, -0.25) is 14.2 Å². The number of benzene rings is 2. The number of amides is 1. The molecule has 1 heterocycles. The summed E-state index contributed by atoms with van der Waals surface area (Å²) in [5.41, 5.74) is 1.31. The van der Waals surface area contributed by atoms with Crippen molar-refractivity contribution < 1.29 is 14.3 Å². The van der Waals surface area contributed by atoms with E-state index in [-0.39, 0.29) is 11.1 Å². The van der Waals surface area contributed by atoms with Gasteiger partial charge < -0.3 is 10.1 Å². The second-order valence-electron chi connectivity index (χ2n) is 6.44. The number of carbonyl (C=O) groups is 2. The fourth-order valence-electron chi connectivity index (χ4n) is 2.89. The highest BCUT2D eigenvalue weighted by atomic mass is 16.5. The molecule has 0 bridgehead atoms. The molecule has 1 aromatic heterocycles. The summed E-state index contributed by atoms with van der Waals surface area (Å²) in [6.07, 6.45) is 0.605. The molecule has 0 aliphatic carbocycles. The normalized spacial score (nSPS) is 11.7. The molecule has 1 N–H and O–H groups in total. The van der Waals surface area contributed by atoms with Crippen LogP contribution in [0.15, 0.2) is 66.0 Å². The Labute approximate surface area is 167 Å². The minimum Gasteiger partial charge on any atom is -0.449 e. The Balaban J connectivity index is 1.83. The zero-order valence-corrected chi connectivity index (χ0v) is 16.2. The van der Waals surface area contributed by atoms with E-state index in [2.05, 4.69) is 16.9 Å². The number of carbonyl (C=O) groups excluding carboxylic acids is 2. The second kappa shape index (κ2) is 8.52. The lowest BCUT2D eigenvalue weighted by atomic mass is 10.2. The van der Waals surface area contributed by atoms with Gasteiger partial charge in [-0.1, -0.05) is 18.2 Å². The number of esters is 1. The largest absolute Gasteiger partial charge is 0.449 e. The number of hydrogen-bond acceptors (Lipinski definition) is 5. The molecule has 0 saturated carbocycles. The van der Waals surface area contributed by atoms with Crippen molar-refractivity contribution in [1.82, 2.24) is 14.9 Å². The fourth-order valence-corrected chi connectivity index (χ4v) is 2.89. The third kappa shape index (κ3) is 4.24. The molecule has 0 aliphatic heterocycles. The van der Waals surface area contributed by atoms with E-state index in [0.29, 0.717) is 29.0 Å². The van der Waals surface area contributed by atoms with Gasteiger partial charge in [-0.25, -0.2) is 9.78 Å². The predicted octanol–water partition coefficient (Wildman–Crippen LogP) is 2.54. The minimum atomic E-state index is -0.934. The second-order valence-corrected chi connectivity index (χ2v) is 6.44. The van der Waals surface area contributed by atoms with Gasteiger partial charge in [-0.15, -0.1) is 6.58 Å². The minimum absolute atomic E-state index is 0.184. The van der Waals surface area contributed by atoms with Crippen molar-refractivity contribution >= 4 is 22.8 Å². The number of aromatic nitrogens is 2. The molecule has 29 heavy (non-hydrogen) atoms. The Morgan fingerprint density at radius 3 is 2.59 bits per heavy atom. The lowest BCUT2D eigenvalue weighted by Crippen LogP contribution is -2.35. The van der Waals surface area contributed by atoms with Crippen LogP contribution in [0.3, 0.4) is 0 Å². The summed E-state index contributed by atoms with van der Waals surface area (Å²) < 4.78 is 6.67. The van der Waals surface area contributed by atoms with Gasteiger partial charge in [0.05, 0.1) is 22.2 Å². The smallest absolute Gasteiger partial charge is 0.338 e. The van der Waals surface area contributed by atoms with Crippen LogP contribution in [0.25, 0.3) is 16.6 Å². The summed E-state index contributed by atoms with van der Waals surface area (Å²) in [6.45, 7) is 7.05. The number of ether oxygens (including phenoxy) is 1. The van der Waals surface area contributed by atoms with Gasteiger partial charge in [0.15, 0.2) is 6.10 Å². The van der Waals surface area contributed by atoms with E-state index in [0.717, 1.165) is 0 Å². The van der Waals surface area contributed by atoms with E-state index in [1.54, 1.807) is 49.4 Å². The Morgan fingerprint density at radius 2 is 1.90 bits per heavy atom. The number of aryl methyl sites for hydroxylation is 1. The molecule has 7 heteroatoms. The molecule has 3 aromatic rings. The first kappa shape index (κ1) is 20.0. The molecular weight excluding hydrogens is 370 g/mol. The fraction of sp³-hybridized carbons (Fsp3) is 0.182. The van der Waals surface area contributed by atoms with Crippen LogP contribution in [-0.2, 0) is 9.53 Å². The highest BCUT2D eigenvalue weighted by molar-refractivity contribution is 5.92. The number of fused-ring (bicyclic) bond motifs is 1. The number of hydrogen-bond donors (Lipinski definition) is 1. The molecule has 0 unspecified atom stereocenters. The topological polar surface area (TPSA) is 90.3 Å². The summed E-state index contributed by atoms with van der Waals surface area (Å²) in [4.78, 5) is 41.4. The maximum atomic E-state index is 12.9. The Kier molecular flexibility index (Phi) is 5.87. The Hall–Kier alpha value is -3.74. The monoisotopic (exact) mass is 391 g/mol. The van der Waals surface area contributed by atoms with Crippen molar-refractivity contribution in [3.05, 3.63) is 82.9 Å². The summed E-state index contributed by atoms with van der Waals surface area (Å²) in [5, 5.41) is 3.08. The van der Waals surface area contributed by atoms with Crippen LogP contribution in [0.1, 0.15) is 23.1 Å². The Bertz CT molecular complexity index is 1130. The van der Waals surface area contributed by atoms with Crippen LogP contribution in [0.2, 0.25) is 0 Å². The third-order valence-electron chi connectivity index (χ3n) is 4.38. The van der Waals surface area contributed by atoms with Crippen molar-refractivity contribution in [2.24, 2.45) is 0 Å². The summed E-state index contributed by atoms with van der Waals surface area (Å²) in [6, 6.07) is 13.5.